The lowest BCUT2D eigenvalue weighted by Crippen LogP contribution is -2.27. The maximum atomic E-state index is 12.4. The van der Waals surface area contributed by atoms with Gasteiger partial charge in [0, 0.05) is 12.3 Å². The Morgan fingerprint density at radius 1 is 1.05 bits per heavy atom. The molecule has 1 fully saturated rings. The van der Waals surface area contributed by atoms with Gasteiger partial charge in [0.15, 0.2) is 0 Å². The van der Waals surface area contributed by atoms with Crippen molar-refractivity contribution in [2.75, 3.05) is 0 Å². The number of aryl methyl sites for hydroxylation is 2. The monoisotopic (exact) mass is 258 g/mol. The summed E-state index contributed by atoms with van der Waals surface area (Å²) in [5.74, 6) is 2.22. The Bertz CT molecular complexity index is 441. The van der Waals surface area contributed by atoms with E-state index in [2.05, 4.69) is 45.9 Å². The van der Waals surface area contributed by atoms with Gasteiger partial charge in [0.05, 0.1) is 0 Å². The predicted molar refractivity (Wildman–Crippen MR) is 80.3 cm³/mol. The third-order valence-electron chi connectivity index (χ3n) is 4.71. The molecule has 0 saturated heterocycles. The molecule has 2 rings (SSSR count). The first-order chi connectivity index (χ1) is 8.95. The Morgan fingerprint density at radius 2 is 1.68 bits per heavy atom. The molecule has 1 nitrogen and oxygen atoms in total. The molecule has 1 saturated carbocycles. The summed E-state index contributed by atoms with van der Waals surface area (Å²) in [6.45, 7) is 8.81. The van der Waals surface area contributed by atoms with E-state index in [0.29, 0.717) is 24.0 Å². The molecule has 0 amide bonds. The highest BCUT2D eigenvalue weighted by molar-refractivity contribution is 5.83. The van der Waals surface area contributed by atoms with Gasteiger partial charge < -0.3 is 0 Å². The van der Waals surface area contributed by atoms with Crippen LogP contribution in [-0.2, 0) is 11.2 Å². The minimum atomic E-state index is 0.298. The van der Waals surface area contributed by atoms with Gasteiger partial charge in [-0.3, -0.25) is 4.79 Å². The van der Waals surface area contributed by atoms with Crippen molar-refractivity contribution in [1.29, 1.82) is 0 Å². The van der Waals surface area contributed by atoms with E-state index in [1.54, 1.807) is 0 Å². The molecule has 1 aliphatic rings. The molecule has 0 heterocycles. The van der Waals surface area contributed by atoms with Crippen molar-refractivity contribution in [3.05, 3.63) is 34.9 Å². The number of carbonyl (C=O) groups excluding carboxylic acids is 1. The number of ketones is 1. The largest absolute Gasteiger partial charge is 0.299 e. The Hall–Kier alpha value is -1.11. The van der Waals surface area contributed by atoms with Crippen molar-refractivity contribution in [1.82, 2.24) is 0 Å². The normalized spacial score (nSPS) is 27.3. The van der Waals surface area contributed by atoms with E-state index >= 15 is 0 Å². The summed E-state index contributed by atoms with van der Waals surface area (Å²) < 4.78 is 0. The van der Waals surface area contributed by atoms with E-state index in [-0.39, 0.29) is 0 Å². The number of hydrogen-bond acceptors (Lipinski definition) is 1. The highest BCUT2D eigenvalue weighted by atomic mass is 16.1. The highest BCUT2D eigenvalue weighted by Crippen LogP contribution is 2.34. The fraction of sp³-hybridized carbons (Fsp3) is 0.611. The Labute approximate surface area is 117 Å². The molecular formula is C18H26O. The zero-order chi connectivity index (χ0) is 14.0. The van der Waals surface area contributed by atoms with E-state index in [1.807, 2.05) is 0 Å². The lowest BCUT2D eigenvalue weighted by molar-refractivity contribution is -0.123. The van der Waals surface area contributed by atoms with Crippen molar-refractivity contribution in [3.8, 4) is 0 Å². The molecule has 0 aromatic heterocycles. The van der Waals surface area contributed by atoms with Crippen LogP contribution in [0.2, 0.25) is 0 Å². The molecule has 3 unspecified atom stereocenters. The average molecular weight is 258 g/mol. The van der Waals surface area contributed by atoms with Crippen LogP contribution in [0, 0.1) is 31.6 Å². The predicted octanol–water partition coefficient (Wildman–Crippen LogP) is 4.49. The summed E-state index contributed by atoms with van der Waals surface area (Å²) in [6, 6.07) is 6.47. The second-order valence-electron chi connectivity index (χ2n) is 6.60. The van der Waals surface area contributed by atoms with Gasteiger partial charge in [0.25, 0.3) is 0 Å². The van der Waals surface area contributed by atoms with Crippen LogP contribution in [0.25, 0.3) is 0 Å². The standard InChI is InChI=1S/C18H26O/c1-12-7-13(2)9-16(8-12)11-18(19)17-6-5-14(3)15(4)10-17/h7-9,14-15,17H,5-6,10-11H2,1-4H3. The molecule has 1 aliphatic carbocycles. The molecule has 0 radical (unpaired) electrons. The van der Waals surface area contributed by atoms with Crippen LogP contribution in [-0.4, -0.2) is 5.78 Å². The number of carbonyl (C=O) groups is 1. The van der Waals surface area contributed by atoms with E-state index in [0.717, 1.165) is 18.8 Å². The molecule has 0 aliphatic heterocycles. The quantitative estimate of drug-likeness (QED) is 0.781. The summed E-state index contributed by atoms with van der Waals surface area (Å²) in [5, 5.41) is 0. The lowest BCUT2D eigenvalue weighted by atomic mass is 9.73. The van der Waals surface area contributed by atoms with Crippen LogP contribution in [0.4, 0.5) is 0 Å². The van der Waals surface area contributed by atoms with Crippen molar-refractivity contribution < 1.29 is 4.79 Å². The van der Waals surface area contributed by atoms with Gasteiger partial charge >= 0.3 is 0 Å². The molecule has 0 N–H and O–H groups in total. The van der Waals surface area contributed by atoms with Crippen LogP contribution in [0.15, 0.2) is 18.2 Å². The number of rotatable bonds is 3. The first-order valence-electron chi connectivity index (χ1n) is 7.55. The SMILES string of the molecule is Cc1cc(C)cc(CC(=O)C2CCC(C)C(C)C2)c1. The summed E-state index contributed by atoms with van der Waals surface area (Å²) in [7, 11) is 0. The molecule has 104 valence electrons. The van der Waals surface area contributed by atoms with Crippen molar-refractivity contribution in [2.45, 2.75) is 53.4 Å². The molecule has 3 atom stereocenters. The smallest absolute Gasteiger partial charge is 0.140 e. The van der Waals surface area contributed by atoms with Gasteiger partial charge in [-0.2, -0.15) is 0 Å². The Balaban J connectivity index is 2.01. The van der Waals surface area contributed by atoms with Gasteiger partial charge in [-0.25, -0.2) is 0 Å². The van der Waals surface area contributed by atoms with Gasteiger partial charge in [-0.05, 0) is 50.5 Å². The minimum absolute atomic E-state index is 0.298. The van der Waals surface area contributed by atoms with E-state index < -0.39 is 0 Å². The van der Waals surface area contributed by atoms with Crippen LogP contribution in [0.1, 0.15) is 49.8 Å². The number of Topliss-reactive ketones (excluding diaryl/α,β-unsaturated/α-hetero) is 1. The fourth-order valence-electron chi connectivity index (χ4n) is 3.36. The zero-order valence-corrected chi connectivity index (χ0v) is 12.7. The summed E-state index contributed by atoms with van der Waals surface area (Å²) in [6.07, 6.45) is 4.01. The van der Waals surface area contributed by atoms with Crippen molar-refractivity contribution >= 4 is 5.78 Å². The third-order valence-corrected chi connectivity index (χ3v) is 4.71. The number of hydrogen-bond donors (Lipinski definition) is 0. The molecule has 1 aromatic carbocycles. The van der Waals surface area contributed by atoms with Gasteiger partial charge in [-0.15, -0.1) is 0 Å². The summed E-state index contributed by atoms with van der Waals surface area (Å²) in [5.41, 5.74) is 3.70. The van der Waals surface area contributed by atoms with Crippen LogP contribution in [0.5, 0.6) is 0 Å². The fourth-order valence-corrected chi connectivity index (χ4v) is 3.36. The lowest BCUT2D eigenvalue weighted by Gasteiger charge is -2.31. The molecule has 1 aromatic rings. The van der Waals surface area contributed by atoms with Crippen LogP contribution < -0.4 is 0 Å². The van der Waals surface area contributed by atoms with Crippen LogP contribution >= 0.6 is 0 Å². The van der Waals surface area contributed by atoms with Gasteiger partial charge in [0.2, 0.25) is 0 Å². The van der Waals surface area contributed by atoms with Crippen LogP contribution in [0.3, 0.4) is 0 Å². The van der Waals surface area contributed by atoms with Crippen molar-refractivity contribution in [3.63, 3.8) is 0 Å². The molecule has 0 spiro atoms. The second-order valence-corrected chi connectivity index (χ2v) is 6.60. The third kappa shape index (κ3) is 3.68. The maximum absolute atomic E-state index is 12.4. The first-order valence-corrected chi connectivity index (χ1v) is 7.55. The molecule has 1 heteroatoms. The Morgan fingerprint density at radius 3 is 2.26 bits per heavy atom. The van der Waals surface area contributed by atoms with E-state index in [9.17, 15) is 4.79 Å². The zero-order valence-electron chi connectivity index (χ0n) is 12.7. The first kappa shape index (κ1) is 14.3. The molecule has 19 heavy (non-hydrogen) atoms. The van der Waals surface area contributed by atoms with Gasteiger partial charge in [-0.1, -0.05) is 43.2 Å². The maximum Gasteiger partial charge on any atom is 0.140 e. The highest BCUT2D eigenvalue weighted by Gasteiger charge is 2.28. The van der Waals surface area contributed by atoms with E-state index in [1.165, 1.54) is 23.1 Å². The topological polar surface area (TPSA) is 17.1 Å². The summed E-state index contributed by atoms with van der Waals surface area (Å²) in [4.78, 5) is 12.4. The minimum Gasteiger partial charge on any atom is -0.299 e. The molecule has 0 bridgehead atoms. The average Bonchev–Trinajstić information content (AvgIpc) is 2.31. The Kier molecular flexibility index (Phi) is 4.44. The van der Waals surface area contributed by atoms with Gasteiger partial charge in [0.1, 0.15) is 5.78 Å². The van der Waals surface area contributed by atoms with E-state index in [4.69, 9.17) is 0 Å². The summed E-state index contributed by atoms with van der Waals surface area (Å²) >= 11 is 0. The number of benzene rings is 1. The second kappa shape index (κ2) is 5.90. The van der Waals surface area contributed by atoms with Crippen molar-refractivity contribution in [2.24, 2.45) is 17.8 Å². The molecular weight excluding hydrogens is 232 g/mol.